The lowest BCUT2D eigenvalue weighted by Gasteiger charge is -2.29. The third kappa shape index (κ3) is 7.89. The fourth-order valence-electron chi connectivity index (χ4n) is 3.59. The minimum absolute atomic E-state index is 0. The van der Waals surface area contributed by atoms with Gasteiger partial charge in [-0.3, -0.25) is 4.90 Å². The fourth-order valence-corrected chi connectivity index (χ4v) is 3.59. The minimum atomic E-state index is -0.114. The maximum atomic E-state index is 9.64. The van der Waals surface area contributed by atoms with Crippen molar-refractivity contribution in [1.29, 1.82) is 0 Å². The van der Waals surface area contributed by atoms with E-state index in [9.17, 15) is 5.11 Å². The van der Waals surface area contributed by atoms with E-state index in [-0.39, 0.29) is 30.1 Å². The van der Waals surface area contributed by atoms with Crippen molar-refractivity contribution in [3.8, 4) is 0 Å². The van der Waals surface area contributed by atoms with Crippen LogP contribution >= 0.6 is 24.0 Å². The molecule has 0 unspecified atom stereocenters. The van der Waals surface area contributed by atoms with E-state index in [1.165, 1.54) is 22.3 Å². The second kappa shape index (κ2) is 12.9. The highest BCUT2D eigenvalue weighted by atomic mass is 127. The standard InChI is InChI=1S/C24H34N4O.HI/c1-3-25-24(27-17-22-7-5-4-6-19(22)2)26-16-20-8-10-21(11-9-20)18-28-14-12-23(29)13-15-28;/h4-11,23,29H,3,12-18H2,1-2H3,(H2,25,26,27);1H. The molecular weight excluding hydrogens is 487 g/mol. The molecule has 0 radical (unpaired) electrons. The SMILES string of the molecule is CCNC(=NCc1ccc(CN2CCC(O)CC2)cc1)NCc1ccccc1C.I. The van der Waals surface area contributed by atoms with Gasteiger partial charge in [0.25, 0.3) is 0 Å². The Balaban J connectivity index is 0.00000320. The number of hydrogen-bond acceptors (Lipinski definition) is 3. The van der Waals surface area contributed by atoms with Gasteiger partial charge in [0.1, 0.15) is 0 Å². The first-order valence-electron chi connectivity index (χ1n) is 10.7. The molecule has 2 aromatic carbocycles. The number of nitrogens with zero attached hydrogens (tertiary/aromatic N) is 2. The van der Waals surface area contributed by atoms with E-state index < -0.39 is 0 Å². The molecule has 5 nitrogen and oxygen atoms in total. The first-order valence-corrected chi connectivity index (χ1v) is 10.7. The number of nitrogens with one attached hydrogen (secondary N) is 2. The van der Waals surface area contributed by atoms with Crippen molar-refractivity contribution in [1.82, 2.24) is 15.5 Å². The molecule has 0 aliphatic carbocycles. The summed E-state index contributed by atoms with van der Waals surface area (Å²) in [5, 5.41) is 16.4. The average molecular weight is 522 g/mol. The molecule has 1 heterocycles. The van der Waals surface area contributed by atoms with Crippen molar-refractivity contribution in [3.05, 3.63) is 70.8 Å². The maximum Gasteiger partial charge on any atom is 0.191 e. The highest BCUT2D eigenvalue weighted by molar-refractivity contribution is 14.0. The van der Waals surface area contributed by atoms with Crippen LogP contribution in [0.5, 0.6) is 0 Å². The number of hydrogen-bond donors (Lipinski definition) is 3. The Bertz CT molecular complexity index is 786. The van der Waals surface area contributed by atoms with E-state index in [2.05, 4.69) is 77.9 Å². The first-order chi connectivity index (χ1) is 14.1. The number of aliphatic imine (C=N–C) groups is 1. The summed E-state index contributed by atoms with van der Waals surface area (Å²) >= 11 is 0. The lowest BCUT2D eigenvalue weighted by atomic mass is 10.1. The van der Waals surface area contributed by atoms with Gasteiger partial charge in [-0.15, -0.1) is 24.0 Å². The number of rotatable bonds is 7. The highest BCUT2D eigenvalue weighted by Gasteiger charge is 2.16. The minimum Gasteiger partial charge on any atom is -0.393 e. The van der Waals surface area contributed by atoms with Crippen LogP contribution in [0.1, 0.15) is 42.0 Å². The van der Waals surface area contributed by atoms with Gasteiger partial charge in [-0.1, -0.05) is 48.5 Å². The van der Waals surface area contributed by atoms with Gasteiger partial charge in [0.2, 0.25) is 0 Å². The molecule has 0 amide bonds. The van der Waals surface area contributed by atoms with Crippen LogP contribution < -0.4 is 10.6 Å². The molecule has 1 fully saturated rings. The predicted molar refractivity (Wildman–Crippen MR) is 135 cm³/mol. The molecule has 0 atom stereocenters. The molecule has 1 aliphatic rings. The number of benzene rings is 2. The Morgan fingerprint density at radius 1 is 1.03 bits per heavy atom. The zero-order valence-corrected chi connectivity index (χ0v) is 20.4. The topological polar surface area (TPSA) is 59.9 Å². The van der Waals surface area contributed by atoms with Crippen LogP contribution in [0.4, 0.5) is 0 Å². The number of guanidine groups is 1. The summed E-state index contributed by atoms with van der Waals surface area (Å²) < 4.78 is 0. The van der Waals surface area contributed by atoms with Crippen molar-refractivity contribution < 1.29 is 5.11 Å². The lowest BCUT2D eigenvalue weighted by Crippen LogP contribution is -2.36. The molecule has 3 rings (SSSR count). The summed E-state index contributed by atoms with van der Waals surface area (Å²) in [6, 6.07) is 17.2. The molecule has 2 aromatic rings. The van der Waals surface area contributed by atoms with Crippen LogP contribution in [-0.2, 0) is 19.6 Å². The van der Waals surface area contributed by atoms with Crippen LogP contribution in [0.2, 0.25) is 0 Å². The van der Waals surface area contributed by atoms with Crippen molar-refractivity contribution in [2.75, 3.05) is 19.6 Å². The van der Waals surface area contributed by atoms with E-state index in [1.807, 2.05) is 0 Å². The monoisotopic (exact) mass is 522 g/mol. The zero-order valence-electron chi connectivity index (χ0n) is 18.1. The van der Waals surface area contributed by atoms with Gasteiger partial charge < -0.3 is 15.7 Å². The van der Waals surface area contributed by atoms with Crippen LogP contribution in [0.15, 0.2) is 53.5 Å². The van der Waals surface area contributed by atoms with Gasteiger partial charge in [0, 0.05) is 32.7 Å². The first kappa shape index (κ1) is 24.6. The van der Waals surface area contributed by atoms with Crippen molar-refractivity contribution in [3.63, 3.8) is 0 Å². The average Bonchev–Trinajstić information content (AvgIpc) is 2.74. The van der Waals surface area contributed by atoms with Crippen LogP contribution in [-0.4, -0.2) is 41.7 Å². The smallest absolute Gasteiger partial charge is 0.191 e. The van der Waals surface area contributed by atoms with E-state index in [0.717, 1.165) is 51.5 Å². The Hall–Kier alpha value is -1.64. The molecule has 0 bridgehead atoms. The number of likely N-dealkylation sites (tertiary alicyclic amines) is 1. The Morgan fingerprint density at radius 3 is 2.37 bits per heavy atom. The number of aliphatic hydroxyl groups excluding tert-OH is 1. The molecule has 3 N–H and O–H groups in total. The lowest BCUT2D eigenvalue weighted by molar-refractivity contribution is 0.0792. The van der Waals surface area contributed by atoms with Gasteiger partial charge in [-0.25, -0.2) is 4.99 Å². The van der Waals surface area contributed by atoms with Gasteiger partial charge in [-0.05, 0) is 48.9 Å². The van der Waals surface area contributed by atoms with Gasteiger partial charge in [0.15, 0.2) is 5.96 Å². The summed E-state index contributed by atoms with van der Waals surface area (Å²) in [4.78, 5) is 7.15. The number of piperidine rings is 1. The third-order valence-electron chi connectivity index (χ3n) is 5.46. The van der Waals surface area contributed by atoms with Gasteiger partial charge >= 0.3 is 0 Å². The van der Waals surface area contributed by atoms with E-state index >= 15 is 0 Å². The molecule has 6 heteroatoms. The van der Waals surface area contributed by atoms with Gasteiger partial charge in [-0.2, -0.15) is 0 Å². The predicted octanol–water partition coefficient (Wildman–Crippen LogP) is 3.83. The molecule has 1 saturated heterocycles. The summed E-state index contributed by atoms with van der Waals surface area (Å²) in [6.45, 7) is 9.38. The van der Waals surface area contributed by atoms with Crippen LogP contribution in [0.25, 0.3) is 0 Å². The van der Waals surface area contributed by atoms with Crippen LogP contribution in [0.3, 0.4) is 0 Å². The molecule has 0 aromatic heterocycles. The molecule has 0 spiro atoms. The largest absolute Gasteiger partial charge is 0.393 e. The molecule has 164 valence electrons. The second-order valence-electron chi connectivity index (χ2n) is 7.80. The summed E-state index contributed by atoms with van der Waals surface area (Å²) in [7, 11) is 0. The van der Waals surface area contributed by atoms with Crippen molar-refractivity contribution >= 4 is 29.9 Å². The van der Waals surface area contributed by atoms with Crippen molar-refractivity contribution in [2.45, 2.75) is 52.4 Å². The van der Waals surface area contributed by atoms with E-state index in [1.54, 1.807) is 0 Å². The zero-order chi connectivity index (χ0) is 20.5. The molecule has 0 saturated carbocycles. The molecule has 1 aliphatic heterocycles. The van der Waals surface area contributed by atoms with Crippen molar-refractivity contribution in [2.24, 2.45) is 4.99 Å². The van der Waals surface area contributed by atoms with E-state index in [0.29, 0.717) is 6.54 Å². The quantitative estimate of drug-likeness (QED) is 0.294. The summed E-state index contributed by atoms with van der Waals surface area (Å²) in [5.74, 6) is 0.840. The summed E-state index contributed by atoms with van der Waals surface area (Å²) in [6.07, 6.45) is 1.65. The summed E-state index contributed by atoms with van der Waals surface area (Å²) in [5.41, 5.74) is 5.09. The number of halogens is 1. The fraction of sp³-hybridized carbons (Fsp3) is 0.458. The van der Waals surface area contributed by atoms with E-state index in [4.69, 9.17) is 4.99 Å². The molecular formula is C24H35IN4O. The molecule has 30 heavy (non-hydrogen) atoms. The second-order valence-corrected chi connectivity index (χ2v) is 7.80. The maximum absolute atomic E-state index is 9.64. The Kier molecular flexibility index (Phi) is 10.6. The third-order valence-corrected chi connectivity index (χ3v) is 5.46. The number of aliphatic hydroxyl groups is 1. The van der Waals surface area contributed by atoms with Crippen LogP contribution in [0, 0.1) is 6.92 Å². The normalized spacial score (nSPS) is 15.5. The number of aryl methyl sites for hydroxylation is 1. The Morgan fingerprint density at radius 2 is 1.70 bits per heavy atom. The Labute approximate surface area is 198 Å². The van der Waals surface area contributed by atoms with Gasteiger partial charge in [0.05, 0.1) is 12.6 Å². The highest BCUT2D eigenvalue weighted by Crippen LogP contribution is 2.14.